The Morgan fingerprint density at radius 1 is 0.797 bits per heavy atom. The van der Waals surface area contributed by atoms with Gasteiger partial charge >= 0.3 is 0 Å². The molecule has 0 aliphatic rings. The van der Waals surface area contributed by atoms with E-state index in [0.717, 1.165) is 33.9 Å². The molecule has 22 nitrogen and oxygen atoms in total. The Kier molecular flexibility index (Phi) is 21.6. The van der Waals surface area contributed by atoms with E-state index in [2.05, 4.69) is 85.0 Å². The fourth-order valence-corrected chi connectivity index (χ4v) is 9.21. The highest BCUT2D eigenvalue weighted by Crippen LogP contribution is 2.38. The van der Waals surface area contributed by atoms with Crippen LogP contribution in [0.25, 0.3) is 22.2 Å². The number of ether oxygens (including phenoxy) is 5. The van der Waals surface area contributed by atoms with Gasteiger partial charge in [0.2, 0.25) is 27.8 Å². The lowest BCUT2D eigenvalue weighted by Gasteiger charge is -2.27. The number of sulfonamides is 1. The van der Waals surface area contributed by atoms with Crippen LogP contribution in [0.5, 0.6) is 5.75 Å². The fraction of sp³-hybridized carbons (Fsp3) is 0.296. The summed E-state index contributed by atoms with van der Waals surface area (Å²) in [5.74, 6) is -0.815. The van der Waals surface area contributed by atoms with Crippen molar-refractivity contribution in [3.63, 3.8) is 0 Å². The number of nitrogens with one attached hydrogen (secondary N) is 5. The average molecular weight is 1170 g/mol. The first-order chi connectivity index (χ1) is 38.1. The van der Waals surface area contributed by atoms with Crippen LogP contribution in [0, 0.1) is 5.82 Å². The Balaban J connectivity index is 0.738. The van der Waals surface area contributed by atoms with Gasteiger partial charge in [0.1, 0.15) is 17.4 Å². The van der Waals surface area contributed by atoms with E-state index in [1.54, 1.807) is 31.5 Å². The molecule has 2 amide bonds. The maximum Gasteiger partial charge on any atom is 0.253 e. The molecule has 0 spiro atoms. The smallest absolute Gasteiger partial charge is 0.253 e. The number of hydrogen-bond donors (Lipinski definition) is 6. The number of likely N-dealkylation sites (N-methyl/N-ethyl adjacent to an activating group) is 2. The zero-order chi connectivity index (χ0) is 56.3. The number of para-hydroxylation sites is 1. The molecule has 0 aliphatic heterocycles. The van der Waals surface area contributed by atoms with Crippen molar-refractivity contribution in [3.05, 3.63) is 132 Å². The highest BCUT2D eigenvalue weighted by molar-refractivity contribution is 9.10. The minimum Gasteiger partial charge on any atom is -0.494 e. The molecule has 7 aromatic rings. The number of nitrogens with two attached hydrogens (primary N) is 1. The van der Waals surface area contributed by atoms with Crippen molar-refractivity contribution >= 4 is 94.8 Å². The fourth-order valence-electron chi connectivity index (χ4n) is 7.91. The van der Waals surface area contributed by atoms with Crippen molar-refractivity contribution in [3.8, 4) is 17.0 Å². The topological polar surface area (TPSA) is 264 Å². The first kappa shape index (κ1) is 59.0. The summed E-state index contributed by atoms with van der Waals surface area (Å²) < 4.78 is 73.4. The molecule has 0 aliphatic carbocycles. The van der Waals surface area contributed by atoms with Crippen LogP contribution in [0.1, 0.15) is 10.4 Å². The first-order valence-corrected chi connectivity index (χ1v) is 27.2. The monoisotopic (exact) mass is 1170 g/mol. The molecule has 0 fully saturated rings. The molecule has 4 aromatic carbocycles. The number of rotatable bonds is 32. The molecule has 0 saturated heterocycles. The lowest BCUT2D eigenvalue weighted by atomic mass is 10.1. The molecule has 79 heavy (non-hydrogen) atoms. The van der Waals surface area contributed by atoms with Crippen LogP contribution >= 0.6 is 15.9 Å². The standard InChI is InChI=1S/C54H63BrFN13O9S/c1-6-49(70)62-44-32-45(65-53-58-19-18-42(64-53)39-35-69(4)46-13-8-7-10-38(39)46)48(74-5)33-47(44)68(3)22-21-67(2)23-25-76-27-29-78-31-30-77-28-26-75-24-20-60-79(72,73)37-16-14-36(15-17-37)61-54-59-34-40(55)52(66-54)63-43-12-9-11-41(56)50(43)51(57)71/h6-19,32-35,60H,1,20-31H2,2-5H3,(H2,57,71)(H,62,70)(H,58,64,65)(H2,59,61,63,66). The normalized spacial score (nSPS) is 11.4. The number of carbonyl (C=O) groups excluding carboxylic acids is 2. The zero-order valence-electron chi connectivity index (χ0n) is 44.1. The van der Waals surface area contributed by atoms with Crippen LogP contribution in [0.3, 0.4) is 0 Å². The molecule has 3 heterocycles. The van der Waals surface area contributed by atoms with Crippen LogP contribution < -0.4 is 41.4 Å². The molecule has 0 atom stereocenters. The minimum absolute atomic E-state index is 0.0400. The summed E-state index contributed by atoms with van der Waals surface area (Å²) in [4.78, 5) is 46.6. The maximum atomic E-state index is 14.3. The quantitative estimate of drug-likeness (QED) is 0.0180. The number of benzene rings is 4. The summed E-state index contributed by atoms with van der Waals surface area (Å²) in [5.41, 5.74) is 10.4. The molecule has 7 N–H and O–H groups in total. The van der Waals surface area contributed by atoms with Crippen molar-refractivity contribution in [2.45, 2.75) is 4.90 Å². The summed E-state index contributed by atoms with van der Waals surface area (Å²) in [7, 11) is 3.72. The van der Waals surface area contributed by atoms with Crippen molar-refractivity contribution in [1.29, 1.82) is 0 Å². The molecule has 7 rings (SSSR count). The van der Waals surface area contributed by atoms with E-state index < -0.39 is 21.7 Å². The van der Waals surface area contributed by atoms with E-state index in [9.17, 15) is 22.4 Å². The summed E-state index contributed by atoms with van der Waals surface area (Å²) in [6.45, 7) is 8.45. The highest BCUT2D eigenvalue weighted by Gasteiger charge is 2.20. The number of aromatic nitrogens is 5. The van der Waals surface area contributed by atoms with Crippen LogP contribution in [0.4, 0.5) is 50.5 Å². The van der Waals surface area contributed by atoms with Gasteiger partial charge in [-0.15, -0.1) is 0 Å². The first-order valence-electron chi connectivity index (χ1n) is 24.9. The van der Waals surface area contributed by atoms with Crippen LogP contribution in [0.2, 0.25) is 0 Å². The van der Waals surface area contributed by atoms with E-state index in [1.807, 2.05) is 56.5 Å². The Labute approximate surface area is 466 Å². The molecular formula is C54H63BrFN13O9S. The van der Waals surface area contributed by atoms with E-state index in [4.69, 9.17) is 34.4 Å². The summed E-state index contributed by atoms with van der Waals surface area (Å²) in [5, 5.41) is 13.2. The van der Waals surface area contributed by atoms with Gasteiger partial charge < -0.3 is 65.1 Å². The predicted molar refractivity (Wildman–Crippen MR) is 306 cm³/mol. The van der Waals surface area contributed by atoms with Crippen molar-refractivity contribution in [2.24, 2.45) is 12.8 Å². The van der Waals surface area contributed by atoms with Gasteiger partial charge in [-0.3, -0.25) is 9.59 Å². The number of anilines is 8. The zero-order valence-corrected chi connectivity index (χ0v) is 46.5. The van der Waals surface area contributed by atoms with Gasteiger partial charge in [0.25, 0.3) is 5.91 Å². The van der Waals surface area contributed by atoms with Gasteiger partial charge in [-0.25, -0.2) is 32.5 Å². The van der Waals surface area contributed by atoms with Gasteiger partial charge in [0.05, 0.1) is 103 Å². The molecule has 0 bridgehead atoms. The maximum absolute atomic E-state index is 14.3. The molecule has 0 radical (unpaired) electrons. The second-order valence-electron chi connectivity index (χ2n) is 17.6. The predicted octanol–water partition coefficient (Wildman–Crippen LogP) is 7.20. The Bertz CT molecular complexity index is 3320. The lowest BCUT2D eigenvalue weighted by molar-refractivity contribution is -0.111. The number of fused-ring (bicyclic) bond motifs is 1. The van der Waals surface area contributed by atoms with E-state index in [0.29, 0.717) is 92.5 Å². The SMILES string of the molecule is C=CC(=O)Nc1cc(Nc2nccc(-c3cn(C)c4ccccc34)n2)c(OC)cc1N(C)CCN(C)CCOCCOCCOCCOCCNS(=O)(=O)c1ccc(Nc2ncc(Br)c(Nc3cccc(F)c3C(N)=O)n2)cc1. The Morgan fingerprint density at radius 2 is 1.49 bits per heavy atom. The van der Waals surface area contributed by atoms with E-state index >= 15 is 0 Å². The molecular weight excluding hydrogens is 1110 g/mol. The van der Waals surface area contributed by atoms with Gasteiger partial charge in [-0.2, -0.15) is 4.98 Å². The molecule has 3 aromatic heterocycles. The molecule has 25 heteroatoms. The van der Waals surface area contributed by atoms with Crippen molar-refractivity contribution in [1.82, 2.24) is 34.1 Å². The van der Waals surface area contributed by atoms with Crippen LogP contribution in [-0.4, -0.2) is 150 Å². The van der Waals surface area contributed by atoms with Gasteiger partial charge in [0, 0.05) is 87.1 Å². The second kappa shape index (κ2) is 28.8. The largest absolute Gasteiger partial charge is 0.494 e. The summed E-state index contributed by atoms with van der Waals surface area (Å²) >= 11 is 3.34. The summed E-state index contributed by atoms with van der Waals surface area (Å²) in [6.07, 6.45) is 6.43. The second-order valence-corrected chi connectivity index (χ2v) is 20.2. The van der Waals surface area contributed by atoms with Gasteiger partial charge in [-0.1, -0.05) is 30.8 Å². The molecule has 0 unspecified atom stereocenters. The number of nitrogens with zero attached hydrogens (tertiary/aromatic N) is 7. The third-order valence-electron chi connectivity index (χ3n) is 12.0. The van der Waals surface area contributed by atoms with Gasteiger partial charge in [-0.05, 0) is 83.7 Å². The molecule has 418 valence electrons. The van der Waals surface area contributed by atoms with Crippen molar-refractivity contribution < 1.29 is 46.1 Å². The summed E-state index contributed by atoms with van der Waals surface area (Å²) in [6, 6.07) is 23.7. The van der Waals surface area contributed by atoms with Crippen LogP contribution in [0.15, 0.2) is 126 Å². The van der Waals surface area contributed by atoms with E-state index in [-0.39, 0.29) is 53.6 Å². The number of halogens is 2. The number of hydrogen-bond acceptors (Lipinski definition) is 18. The number of carbonyl (C=O) groups is 2. The highest BCUT2D eigenvalue weighted by atomic mass is 79.9. The minimum atomic E-state index is -3.83. The number of methoxy groups -OCH3 is 1. The number of amides is 2. The average Bonchev–Trinajstić information content (AvgIpc) is 3.89. The van der Waals surface area contributed by atoms with E-state index in [1.165, 1.54) is 36.5 Å². The molecule has 0 saturated carbocycles. The van der Waals surface area contributed by atoms with Crippen LogP contribution in [-0.2, 0) is 40.8 Å². The Morgan fingerprint density at radius 3 is 2.20 bits per heavy atom. The number of aryl methyl sites for hydroxylation is 1. The lowest BCUT2D eigenvalue weighted by Crippen LogP contribution is -2.33. The van der Waals surface area contributed by atoms with Crippen molar-refractivity contribution in [2.75, 3.05) is 126 Å². The number of primary amides is 1. The van der Waals surface area contributed by atoms with Gasteiger partial charge in [0.15, 0.2) is 0 Å². The third-order valence-corrected chi connectivity index (χ3v) is 14.1. The Hall–Kier alpha value is -7.62. The third kappa shape index (κ3) is 16.7.